The van der Waals surface area contributed by atoms with Crippen molar-refractivity contribution in [2.24, 2.45) is 0 Å². The summed E-state index contributed by atoms with van der Waals surface area (Å²) in [6.07, 6.45) is 1.13. The lowest BCUT2D eigenvalue weighted by atomic mass is 9.81. The Morgan fingerprint density at radius 3 is 2.62 bits per heavy atom. The van der Waals surface area contributed by atoms with Crippen LogP contribution in [0, 0.1) is 0 Å². The van der Waals surface area contributed by atoms with Crippen LogP contribution in [0.4, 0.5) is 14.5 Å². The van der Waals surface area contributed by atoms with Gasteiger partial charge in [0.15, 0.2) is 6.10 Å². The number of hydrogen-bond donors (Lipinski definition) is 0. The topological polar surface area (TPSA) is 46.6 Å². The van der Waals surface area contributed by atoms with Crippen LogP contribution in [-0.4, -0.2) is 27.5 Å². The highest BCUT2D eigenvalue weighted by Gasteiger charge is 2.48. The molecule has 4 nitrogen and oxygen atoms in total. The van der Waals surface area contributed by atoms with Gasteiger partial charge in [0.1, 0.15) is 5.75 Å². The van der Waals surface area contributed by atoms with Gasteiger partial charge < -0.3 is 4.74 Å². The lowest BCUT2D eigenvalue weighted by Crippen LogP contribution is -2.35. The fourth-order valence-corrected chi connectivity index (χ4v) is 6.75. The zero-order valence-electron chi connectivity index (χ0n) is 16.0. The van der Waals surface area contributed by atoms with Gasteiger partial charge in [-0.25, -0.2) is 17.2 Å². The molecule has 1 fully saturated rings. The Labute approximate surface area is 169 Å². The van der Waals surface area contributed by atoms with Crippen LogP contribution in [-0.2, 0) is 21.9 Å². The van der Waals surface area contributed by atoms with E-state index in [0.717, 1.165) is 36.9 Å². The van der Waals surface area contributed by atoms with E-state index >= 15 is 0 Å². The first kappa shape index (κ1) is 18.9. The van der Waals surface area contributed by atoms with E-state index in [9.17, 15) is 17.2 Å². The molecule has 0 N–H and O–H groups in total. The second-order valence-corrected chi connectivity index (χ2v) is 10.2. The molecule has 2 aromatic carbocycles. The monoisotopic (exact) mass is 419 g/mol. The number of para-hydroxylation sites is 1. The maximum atomic E-state index is 13.6. The van der Waals surface area contributed by atoms with Crippen molar-refractivity contribution in [3.05, 3.63) is 53.6 Å². The zero-order chi connectivity index (χ0) is 20.2. The number of halogens is 2. The molecule has 1 aliphatic carbocycles. The number of hydrogen-bond acceptors (Lipinski definition) is 3. The number of ether oxygens (including phenoxy) is 1. The van der Waals surface area contributed by atoms with Crippen molar-refractivity contribution in [3.63, 3.8) is 0 Å². The molecule has 0 bridgehead atoms. The number of benzene rings is 2. The number of alkyl halides is 2. The fourth-order valence-electron chi connectivity index (χ4n) is 5.13. The predicted molar refractivity (Wildman–Crippen MR) is 106 cm³/mol. The van der Waals surface area contributed by atoms with Crippen LogP contribution in [0.5, 0.6) is 5.75 Å². The summed E-state index contributed by atoms with van der Waals surface area (Å²) >= 11 is 0. The van der Waals surface area contributed by atoms with Crippen LogP contribution in [0.3, 0.4) is 0 Å². The summed E-state index contributed by atoms with van der Waals surface area (Å²) < 4.78 is 59.9. The Morgan fingerprint density at radius 2 is 1.86 bits per heavy atom. The molecule has 154 valence electrons. The molecule has 7 heteroatoms. The molecule has 2 aliphatic heterocycles. The average Bonchev–Trinajstić information content (AvgIpc) is 3.33. The van der Waals surface area contributed by atoms with Gasteiger partial charge >= 0.3 is 0 Å². The molecule has 0 amide bonds. The van der Waals surface area contributed by atoms with E-state index in [-0.39, 0.29) is 16.7 Å². The standard InChI is InChI=1S/C22H23F2NO3S/c23-21(24)20-9-7-15-13-16(8-10-19(15)28-20)29(26,27)25-14-22(11-3-4-12-22)17-5-1-2-6-18(17)25/h1-2,5-6,8,10,13,20-21H,3-4,7,9,11-12,14H2. The highest BCUT2D eigenvalue weighted by atomic mass is 32.2. The van der Waals surface area contributed by atoms with Crippen molar-refractivity contribution in [1.29, 1.82) is 0 Å². The van der Waals surface area contributed by atoms with E-state index in [4.69, 9.17) is 4.74 Å². The second-order valence-electron chi connectivity index (χ2n) is 8.32. The molecule has 2 aromatic rings. The molecule has 1 saturated carbocycles. The van der Waals surface area contributed by atoms with Crippen molar-refractivity contribution in [2.75, 3.05) is 10.8 Å². The van der Waals surface area contributed by atoms with Crippen LogP contribution >= 0.6 is 0 Å². The van der Waals surface area contributed by atoms with Gasteiger partial charge in [-0.1, -0.05) is 31.0 Å². The first-order valence-electron chi connectivity index (χ1n) is 10.1. The Bertz CT molecular complexity index is 1050. The molecule has 0 saturated heterocycles. The zero-order valence-corrected chi connectivity index (χ0v) is 16.8. The highest BCUT2D eigenvalue weighted by Crippen LogP contribution is 2.51. The van der Waals surface area contributed by atoms with Crippen molar-refractivity contribution in [1.82, 2.24) is 0 Å². The van der Waals surface area contributed by atoms with Gasteiger partial charge in [0.2, 0.25) is 0 Å². The second kappa shape index (κ2) is 6.69. The maximum Gasteiger partial charge on any atom is 0.274 e. The van der Waals surface area contributed by atoms with Gasteiger partial charge in [0.25, 0.3) is 16.4 Å². The fraction of sp³-hybridized carbons (Fsp3) is 0.455. The minimum Gasteiger partial charge on any atom is -0.484 e. The summed E-state index contributed by atoms with van der Waals surface area (Å²) in [5.41, 5.74) is 2.47. The van der Waals surface area contributed by atoms with Crippen LogP contribution in [0.15, 0.2) is 47.4 Å². The largest absolute Gasteiger partial charge is 0.484 e. The van der Waals surface area contributed by atoms with Gasteiger partial charge in [-0.2, -0.15) is 0 Å². The third-order valence-corrected chi connectivity index (χ3v) is 8.38. The van der Waals surface area contributed by atoms with Gasteiger partial charge in [-0.3, -0.25) is 4.31 Å². The molecule has 1 spiro atoms. The average molecular weight is 419 g/mol. The molecule has 29 heavy (non-hydrogen) atoms. The van der Waals surface area contributed by atoms with E-state index in [2.05, 4.69) is 6.07 Å². The van der Waals surface area contributed by atoms with Crippen LogP contribution in [0.25, 0.3) is 0 Å². The first-order chi connectivity index (χ1) is 13.9. The van der Waals surface area contributed by atoms with Gasteiger partial charge in [-0.15, -0.1) is 0 Å². The van der Waals surface area contributed by atoms with Crippen molar-refractivity contribution in [3.8, 4) is 5.75 Å². The minimum atomic E-state index is -3.75. The lowest BCUT2D eigenvalue weighted by molar-refractivity contribution is 0.000536. The number of aryl methyl sites for hydroxylation is 1. The Balaban J connectivity index is 1.51. The molecule has 1 unspecified atom stereocenters. The van der Waals surface area contributed by atoms with E-state index in [1.807, 2.05) is 18.2 Å². The molecule has 5 rings (SSSR count). The molecule has 3 aliphatic rings. The predicted octanol–water partition coefficient (Wildman–Crippen LogP) is 4.67. The quantitative estimate of drug-likeness (QED) is 0.727. The Morgan fingerprint density at radius 1 is 1.10 bits per heavy atom. The van der Waals surface area contributed by atoms with Crippen molar-refractivity contribution >= 4 is 15.7 Å². The number of nitrogens with zero attached hydrogens (tertiary/aromatic N) is 1. The van der Waals surface area contributed by atoms with E-state index in [1.165, 1.54) is 12.1 Å². The molecule has 1 atom stereocenters. The molecular formula is C22H23F2NO3S. The molecule has 2 heterocycles. The number of sulfonamides is 1. The van der Waals surface area contributed by atoms with Gasteiger partial charge in [0.05, 0.1) is 10.6 Å². The highest BCUT2D eigenvalue weighted by molar-refractivity contribution is 7.92. The third-order valence-electron chi connectivity index (χ3n) is 6.63. The summed E-state index contributed by atoms with van der Waals surface area (Å²) in [5.74, 6) is 0.356. The Hall–Kier alpha value is -2.15. The minimum absolute atomic E-state index is 0.0918. The first-order valence-corrected chi connectivity index (χ1v) is 11.5. The number of rotatable bonds is 3. The lowest BCUT2D eigenvalue weighted by Gasteiger charge is -2.27. The molecule has 0 radical (unpaired) electrons. The maximum absolute atomic E-state index is 13.6. The molecule has 0 aromatic heterocycles. The van der Waals surface area contributed by atoms with Crippen LogP contribution in [0.2, 0.25) is 0 Å². The van der Waals surface area contributed by atoms with E-state index < -0.39 is 22.6 Å². The normalized spacial score (nSPS) is 22.6. The van der Waals surface area contributed by atoms with Crippen LogP contribution in [0.1, 0.15) is 43.2 Å². The van der Waals surface area contributed by atoms with E-state index in [0.29, 0.717) is 24.3 Å². The number of fused-ring (bicyclic) bond motifs is 3. The third kappa shape index (κ3) is 2.93. The summed E-state index contributed by atoms with van der Waals surface area (Å²) in [5, 5.41) is 0. The van der Waals surface area contributed by atoms with E-state index in [1.54, 1.807) is 10.4 Å². The van der Waals surface area contributed by atoms with Crippen molar-refractivity contribution in [2.45, 2.75) is 61.4 Å². The Kier molecular flexibility index (Phi) is 4.35. The molecular weight excluding hydrogens is 396 g/mol. The summed E-state index contributed by atoms with van der Waals surface area (Å²) in [7, 11) is -3.75. The van der Waals surface area contributed by atoms with Crippen molar-refractivity contribution < 1.29 is 21.9 Å². The summed E-state index contributed by atoms with van der Waals surface area (Å²) in [6.45, 7) is 0.468. The van der Waals surface area contributed by atoms with Crippen LogP contribution < -0.4 is 9.04 Å². The number of anilines is 1. The summed E-state index contributed by atoms with van der Waals surface area (Å²) in [6, 6.07) is 12.4. The van der Waals surface area contributed by atoms with Gasteiger partial charge in [0, 0.05) is 12.0 Å². The SMILES string of the molecule is O=S(=O)(c1ccc2c(c1)CCC(C(F)F)O2)N1CC2(CCCC2)c2ccccc21. The van der Waals surface area contributed by atoms with Gasteiger partial charge in [-0.05, 0) is 61.1 Å². The smallest absolute Gasteiger partial charge is 0.274 e. The summed E-state index contributed by atoms with van der Waals surface area (Å²) in [4.78, 5) is 0.195.